The van der Waals surface area contributed by atoms with E-state index >= 15 is 0 Å². The van der Waals surface area contributed by atoms with Crippen LogP contribution >= 0.6 is 11.6 Å². The molecule has 1 fully saturated rings. The quantitative estimate of drug-likeness (QED) is 0.557. The van der Waals surface area contributed by atoms with Crippen LogP contribution in [-0.4, -0.2) is 53.4 Å². The molecule has 178 valence electrons. The van der Waals surface area contributed by atoms with Crippen LogP contribution in [0.5, 0.6) is 0 Å². The summed E-state index contributed by atoms with van der Waals surface area (Å²) < 4.78 is 31.7. The van der Waals surface area contributed by atoms with Crippen molar-refractivity contribution < 1.29 is 23.1 Å². The number of alkyl halides is 3. The van der Waals surface area contributed by atoms with Crippen molar-refractivity contribution in [3.63, 3.8) is 0 Å². The van der Waals surface area contributed by atoms with Gasteiger partial charge >= 0.3 is 12.1 Å². The van der Waals surface area contributed by atoms with Crippen LogP contribution in [0.4, 0.5) is 24.7 Å². The van der Waals surface area contributed by atoms with E-state index < -0.39 is 12.1 Å². The van der Waals surface area contributed by atoms with Crippen molar-refractivity contribution in [2.24, 2.45) is 0 Å². The first kappa shape index (κ1) is 25.1. The molecule has 1 saturated heterocycles. The van der Waals surface area contributed by atoms with Crippen molar-refractivity contribution in [3.05, 3.63) is 59.4 Å². The molecular weight excluding hydrogens is 471 g/mol. The topological polar surface area (TPSA) is 93.4 Å². The van der Waals surface area contributed by atoms with Gasteiger partial charge < -0.3 is 14.9 Å². The fourth-order valence-corrected chi connectivity index (χ4v) is 3.88. The van der Waals surface area contributed by atoms with Crippen LogP contribution in [0.25, 0.3) is 10.9 Å². The lowest BCUT2D eigenvalue weighted by Crippen LogP contribution is -2.43. The third-order valence-electron chi connectivity index (χ3n) is 5.52. The SMILES string of the molecule is CN(c1cc(C#N)c2cc(Cl)ccc2n1)C1CCN(c2ccncc2)CC1.O=C(O)C(F)(F)F. The van der Waals surface area contributed by atoms with Crippen molar-refractivity contribution in [2.75, 3.05) is 29.9 Å². The molecule has 1 aromatic carbocycles. The minimum Gasteiger partial charge on any atom is -0.475 e. The lowest BCUT2D eigenvalue weighted by molar-refractivity contribution is -0.192. The molecule has 3 aromatic rings. The molecule has 1 N–H and O–H groups in total. The van der Waals surface area contributed by atoms with Gasteiger partial charge in [-0.15, -0.1) is 0 Å². The number of nitrogens with zero attached hydrogens (tertiary/aromatic N) is 5. The van der Waals surface area contributed by atoms with Gasteiger partial charge in [0.25, 0.3) is 0 Å². The van der Waals surface area contributed by atoms with Crippen LogP contribution < -0.4 is 9.80 Å². The average molecular weight is 492 g/mol. The van der Waals surface area contributed by atoms with Crippen LogP contribution in [-0.2, 0) is 4.79 Å². The summed E-state index contributed by atoms with van der Waals surface area (Å²) in [5, 5.41) is 18.1. The molecular formula is C23H21ClF3N5O2. The third kappa shape index (κ3) is 6.05. The van der Waals surface area contributed by atoms with Crippen LogP contribution in [0.1, 0.15) is 18.4 Å². The Morgan fingerprint density at radius 2 is 1.82 bits per heavy atom. The van der Waals surface area contributed by atoms with Gasteiger partial charge in [-0.2, -0.15) is 18.4 Å². The van der Waals surface area contributed by atoms with Crippen LogP contribution in [0.2, 0.25) is 5.02 Å². The van der Waals surface area contributed by atoms with E-state index in [2.05, 4.69) is 40.0 Å². The Hall–Kier alpha value is -3.58. The number of nitriles is 1. The molecule has 1 aliphatic rings. The summed E-state index contributed by atoms with van der Waals surface area (Å²) in [6, 6.07) is 14.2. The van der Waals surface area contributed by atoms with Crippen LogP contribution in [0.15, 0.2) is 48.8 Å². The molecule has 0 saturated carbocycles. The fourth-order valence-electron chi connectivity index (χ4n) is 3.71. The number of hydrogen-bond acceptors (Lipinski definition) is 6. The number of hydrogen-bond donors (Lipinski definition) is 1. The third-order valence-corrected chi connectivity index (χ3v) is 5.76. The summed E-state index contributed by atoms with van der Waals surface area (Å²) >= 11 is 6.08. The van der Waals surface area contributed by atoms with Crippen molar-refractivity contribution in [1.82, 2.24) is 9.97 Å². The first-order valence-electron chi connectivity index (χ1n) is 10.3. The van der Waals surface area contributed by atoms with Gasteiger partial charge in [0.2, 0.25) is 0 Å². The molecule has 0 amide bonds. The van der Waals surface area contributed by atoms with E-state index in [1.807, 2.05) is 30.6 Å². The standard InChI is InChI=1S/C21H20ClN5.C2HF3O2/c1-26(17-6-10-27(11-7-17)18-4-8-24-9-5-18)21-12-15(14-23)19-13-16(22)2-3-20(19)25-21;3-2(4,5)1(6)7/h2-5,8-9,12-13,17H,6-7,10-11H2,1H3;(H,6,7). The summed E-state index contributed by atoms with van der Waals surface area (Å²) in [5.74, 6) is -1.92. The second-order valence-corrected chi connectivity index (χ2v) is 8.08. The number of aliphatic carboxylic acids is 1. The summed E-state index contributed by atoms with van der Waals surface area (Å²) in [6.07, 6.45) is 0.673. The minimum atomic E-state index is -5.08. The van der Waals surface area contributed by atoms with Crippen molar-refractivity contribution in [2.45, 2.75) is 25.1 Å². The second-order valence-electron chi connectivity index (χ2n) is 7.64. The zero-order valence-electron chi connectivity index (χ0n) is 18.1. The largest absolute Gasteiger partial charge is 0.490 e. The molecule has 0 radical (unpaired) electrons. The molecule has 4 rings (SSSR count). The number of rotatable bonds is 3. The Morgan fingerprint density at radius 3 is 2.38 bits per heavy atom. The van der Waals surface area contributed by atoms with Crippen molar-refractivity contribution in [1.29, 1.82) is 5.26 Å². The molecule has 11 heteroatoms. The van der Waals surface area contributed by atoms with Gasteiger partial charge in [0.1, 0.15) is 5.82 Å². The number of benzene rings is 1. The zero-order valence-corrected chi connectivity index (χ0v) is 18.9. The summed E-state index contributed by atoms with van der Waals surface area (Å²) in [5.41, 5.74) is 2.63. The number of carboxylic acid groups (broad SMARTS) is 1. The molecule has 1 aliphatic heterocycles. The molecule has 0 atom stereocenters. The van der Waals surface area contributed by atoms with Crippen LogP contribution in [0.3, 0.4) is 0 Å². The lowest BCUT2D eigenvalue weighted by Gasteiger charge is -2.38. The number of pyridine rings is 2. The van der Waals surface area contributed by atoms with Gasteiger partial charge in [-0.25, -0.2) is 9.78 Å². The molecule has 0 spiro atoms. The summed E-state index contributed by atoms with van der Waals surface area (Å²) in [6.45, 7) is 1.99. The van der Waals surface area contributed by atoms with Gasteiger partial charge in [0.05, 0.1) is 17.1 Å². The molecule has 0 aliphatic carbocycles. The Balaban J connectivity index is 0.000000406. The molecule has 2 aromatic heterocycles. The molecule has 3 heterocycles. The van der Waals surface area contributed by atoms with E-state index in [4.69, 9.17) is 26.5 Å². The Bertz CT molecular complexity index is 1190. The fraction of sp³-hybridized carbons (Fsp3) is 0.304. The zero-order chi connectivity index (χ0) is 24.9. The summed E-state index contributed by atoms with van der Waals surface area (Å²) in [7, 11) is 2.07. The molecule has 34 heavy (non-hydrogen) atoms. The number of aromatic nitrogens is 2. The minimum absolute atomic E-state index is 0.395. The van der Waals surface area contributed by atoms with Gasteiger partial charge in [-0.1, -0.05) is 11.6 Å². The van der Waals surface area contributed by atoms with Crippen molar-refractivity contribution in [3.8, 4) is 6.07 Å². The first-order valence-corrected chi connectivity index (χ1v) is 10.7. The number of carbonyl (C=O) groups is 1. The van der Waals surface area contributed by atoms with Crippen LogP contribution in [0, 0.1) is 11.3 Å². The molecule has 0 bridgehead atoms. The molecule has 0 unspecified atom stereocenters. The lowest BCUT2D eigenvalue weighted by atomic mass is 10.0. The Morgan fingerprint density at radius 1 is 1.21 bits per heavy atom. The van der Waals surface area contributed by atoms with E-state index in [9.17, 15) is 18.4 Å². The number of anilines is 2. The maximum Gasteiger partial charge on any atom is 0.490 e. The van der Waals surface area contributed by atoms with E-state index in [0.29, 0.717) is 16.6 Å². The van der Waals surface area contributed by atoms with E-state index in [0.717, 1.165) is 42.7 Å². The van der Waals surface area contributed by atoms with E-state index in [1.54, 1.807) is 6.07 Å². The predicted molar refractivity (Wildman–Crippen MR) is 123 cm³/mol. The predicted octanol–water partition coefficient (Wildman–Crippen LogP) is 4.89. The maximum atomic E-state index is 10.6. The smallest absolute Gasteiger partial charge is 0.475 e. The number of halogens is 4. The number of fused-ring (bicyclic) bond motifs is 1. The number of piperidine rings is 1. The van der Waals surface area contributed by atoms with Crippen molar-refractivity contribution >= 4 is 40.0 Å². The van der Waals surface area contributed by atoms with Gasteiger partial charge in [0, 0.05) is 54.7 Å². The highest BCUT2D eigenvalue weighted by atomic mass is 35.5. The number of carboxylic acids is 1. The molecule has 7 nitrogen and oxygen atoms in total. The Kier molecular flexibility index (Phi) is 7.79. The first-order chi connectivity index (χ1) is 16.1. The average Bonchev–Trinajstić information content (AvgIpc) is 2.83. The highest BCUT2D eigenvalue weighted by Gasteiger charge is 2.38. The Labute approximate surface area is 199 Å². The van der Waals surface area contributed by atoms with Gasteiger partial charge in [-0.05, 0) is 49.2 Å². The maximum absolute atomic E-state index is 10.6. The van der Waals surface area contributed by atoms with E-state index in [1.165, 1.54) is 5.69 Å². The summed E-state index contributed by atoms with van der Waals surface area (Å²) in [4.78, 5) is 22.4. The van der Waals surface area contributed by atoms with Gasteiger partial charge in [-0.3, -0.25) is 4.98 Å². The second kappa shape index (κ2) is 10.6. The normalized spacial score (nSPS) is 14.2. The monoisotopic (exact) mass is 491 g/mol. The van der Waals surface area contributed by atoms with Gasteiger partial charge in [0.15, 0.2) is 0 Å². The van der Waals surface area contributed by atoms with E-state index in [-0.39, 0.29) is 0 Å². The highest BCUT2D eigenvalue weighted by molar-refractivity contribution is 6.31. The highest BCUT2D eigenvalue weighted by Crippen LogP contribution is 2.28.